The summed E-state index contributed by atoms with van der Waals surface area (Å²) in [5.74, 6) is 1.73. The smallest absolute Gasteiger partial charge is 0.245 e. The Morgan fingerprint density at radius 3 is 2.61 bits per heavy atom. The maximum Gasteiger partial charge on any atom is 0.245 e. The third-order valence-corrected chi connectivity index (χ3v) is 7.92. The quantitative estimate of drug-likeness (QED) is 0.637. The van der Waals surface area contributed by atoms with Gasteiger partial charge in [0.2, 0.25) is 5.91 Å². The second-order valence-corrected chi connectivity index (χ2v) is 10.4. The van der Waals surface area contributed by atoms with Crippen molar-refractivity contribution in [1.29, 1.82) is 10.5 Å². The number of aromatic nitrogens is 4. The van der Waals surface area contributed by atoms with Crippen molar-refractivity contribution >= 4 is 23.4 Å². The van der Waals surface area contributed by atoms with Crippen molar-refractivity contribution in [3.63, 3.8) is 0 Å². The van der Waals surface area contributed by atoms with Crippen molar-refractivity contribution in [3.8, 4) is 12.1 Å². The molecule has 0 radical (unpaired) electrons. The first-order chi connectivity index (χ1) is 17.3. The zero-order valence-corrected chi connectivity index (χ0v) is 20.6. The first-order valence-electron chi connectivity index (χ1n) is 12.2. The van der Waals surface area contributed by atoms with Gasteiger partial charge >= 0.3 is 0 Å². The molecular formula is C25H28FN9O. The molecule has 1 saturated heterocycles. The number of alkyl halides is 1. The lowest BCUT2D eigenvalue weighted by Crippen LogP contribution is -2.61. The summed E-state index contributed by atoms with van der Waals surface area (Å²) in [6, 6.07) is 5.38. The highest BCUT2D eigenvalue weighted by atomic mass is 19.1. The first kappa shape index (κ1) is 23.9. The molecule has 36 heavy (non-hydrogen) atoms. The molecule has 0 unspecified atom stereocenters. The van der Waals surface area contributed by atoms with Crippen molar-refractivity contribution < 1.29 is 9.18 Å². The number of fused-ring (bicyclic) bond motifs is 2. The molecule has 10 nitrogen and oxygen atoms in total. The van der Waals surface area contributed by atoms with Gasteiger partial charge in [-0.3, -0.25) is 4.79 Å². The number of nitriles is 2. The molecule has 1 spiro atoms. The van der Waals surface area contributed by atoms with Crippen LogP contribution in [0.5, 0.6) is 0 Å². The molecule has 5 rings (SSSR count). The maximum atomic E-state index is 13.6. The molecule has 1 saturated carbocycles. The highest BCUT2D eigenvalue weighted by Gasteiger charge is 2.52. The van der Waals surface area contributed by atoms with E-state index in [1.54, 1.807) is 17.3 Å². The van der Waals surface area contributed by atoms with E-state index in [-0.39, 0.29) is 17.5 Å². The Morgan fingerprint density at radius 1 is 1.22 bits per heavy atom. The van der Waals surface area contributed by atoms with E-state index in [1.165, 1.54) is 13.1 Å². The normalized spacial score (nSPS) is 23.9. The minimum Gasteiger partial charge on any atom is -0.350 e. The van der Waals surface area contributed by atoms with Crippen LogP contribution >= 0.6 is 0 Å². The van der Waals surface area contributed by atoms with E-state index in [9.17, 15) is 19.7 Å². The molecule has 2 aromatic heterocycles. The second-order valence-electron chi connectivity index (χ2n) is 10.4. The van der Waals surface area contributed by atoms with Crippen LogP contribution in [0.25, 0.3) is 0 Å². The van der Waals surface area contributed by atoms with E-state index in [4.69, 9.17) is 4.98 Å². The number of amides is 1. The Labute approximate surface area is 209 Å². The van der Waals surface area contributed by atoms with E-state index in [2.05, 4.69) is 26.2 Å². The van der Waals surface area contributed by atoms with Crippen LogP contribution in [0, 0.1) is 28.1 Å². The molecule has 11 heteroatoms. The van der Waals surface area contributed by atoms with Gasteiger partial charge in [0, 0.05) is 48.8 Å². The number of carbonyl (C=O) groups excluding carboxylic acids is 1. The fourth-order valence-corrected chi connectivity index (χ4v) is 5.63. The molecule has 3 atom stereocenters. The molecule has 2 fully saturated rings. The molecule has 1 aliphatic carbocycles. The minimum absolute atomic E-state index is 0.0976. The van der Waals surface area contributed by atoms with Crippen LogP contribution in [0.15, 0.2) is 18.6 Å². The number of piperazine rings is 1. The van der Waals surface area contributed by atoms with E-state index in [0.29, 0.717) is 31.0 Å². The zero-order valence-electron chi connectivity index (χ0n) is 20.6. The fourth-order valence-electron chi connectivity index (χ4n) is 5.63. The van der Waals surface area contributed by atoms with Gasteiger partial charge in [-0.25, -0.2) is 14.4 Å². The van der Waals surface area contributed by atoms with Crippen LogP contribution in [0.1, 0.15) is 51.2 Å². The summed E-state index contributed by atoms with van der Waals surface area (Å²) in [7, 11) is 0. The van der Waals surface area contributed by atoms with Gasteiger partial charge in [-0.1, -0.05) is 6.42 Å². The molecule has 3 aliphatic rings. The molecule has 2 aliphatic heterocycles. The number of anilines is 3. The number of hydrogen-bond acceptors (Lipinski definition) is 9. The van der Waals surface area contributed by atoms with Crippen LogP contribution in [-0.4, -0.2) is 69.4 Å². The summed E-state index contributed by atoms with van der Waals surface area (Å²) < 4.78 is 13.6. The Balaban J connectivity index is 1.50. The van der Waals surface area contributed by atoms with Crippen LogP contribution in [-0.2, 0) is 10.2 Å². The van der Waals surface area contributed by atoms with E-state index in [0.717, 1.165) is 36.5 Å². The SMILES string of the molecule is C[C@@H]1CN(c2ncnc3c2C2(CCC2)CN3c2cc(C#N)cnn2)[C@@H](C)CN1C(=O)[C@@](C)(C#N)CF. The molecule has 0 aromatic carbocycles. The summed E-state index contributed by atoms with van der Waals surface area (Å²) >= 11 is 0. The summed E-state index contributed by atoms with van der Waals surface area (Å²) in [6.45, 7) is 5.83. The Bertz CT molecular complexity index is 1280. The number of halogens is 1. The Hall–Kier alpha value is -3.86. The van der Waals surface area contributed by atoms with Crippen molar-refractivity contribution in [3.05, 3.63) is 29.7 Å². The summed E-state index contributed by atoms with van der Waals surface area (Å²) in [4.78, 5) is 28.3. The van der Waals surface area contributed by atoms with E-state index < -0.39 is 18.0 Å². The third-order valence-electron chi connectivity index (χ3n) is 7.92. The average Bonchev–Trinajstić information content (AvgIpc) is 3.25. The fraction of sp³-hybridized carbons (Fsp3) is 0.560. The third kappa shape index (κ3) is 3.53. The highest BCUT2D eigenvalue weighted by molar-refractivity contribution is 5.86. The van der Waals surface area contributed by atoms with Gasteiger partial charge in [-0.05, 0) is 33.6 Å². The van der Waals surface area contributed by atoms with Crippen molar-refractivity contribution in [1.82, 2.24) is 25.1 Å². The van der Waals surface area contributed by atoms with Gasteiger partial charge < -0.3 is 14.7 Å². The van der Waals surface area contributed by atoms with Gasteiger partial charge in [-0.15, -0.1) is 5.10 Å². The molecular weight excluding hydrogens is 461 g/mol. The predicted molar refractivity (Wildman–Crippen MR) is 129 cm³/mol. The average molecular weight is 490 g/mol. The summed E-state index contributed by atoms with van der Waals surface area (Å²) in [5, 5.41) is 27.0. The maximum absolute atomic E-state index is 13.6. The highest BCUT2D eigenvalue weighted by Crippen LogP contribution is 2.56. The van der Waals surface area contributed by atoms with Crippen molar-refractivity contribution in [2.75, 3.05) is 36.1 Å². The Kier molecular flexibility index (Phi) is 5.74. The number of nitrogens with zero attached hydrogens (tertiary/aromatic N) is 9. The zero-order chi connectivity index (χ0) is 25.7. The van der Waals surface area contributed by atoms with Gasteiger partial charge in [0.25, 0.3) is 0 Å². The molecule has 1 amide bonds. The standard InChI is InChI=1S/C25H28FN9O/c1-16-11-34(23(36)24(3,12-26)13-28)17(2)10-33(16)21-20-22(30-15-29-21)35(14-25(20)5-4-6-25)19-7-18(8-27)9-31-32-19/h7,9,15-17H,4-6,10-12,14H2,1-3H3/t16-,17+,24+/m0/s1. The molecule has 0 N–H and O–H groups in total. The first-order valence-corrected chi connectivity index (χ1v) is 12.2. The van der Waals surface area contributed by atoms with E-state index in [1.807, 2.05) is 24.8 Å². The summed E-state index contributed by atoms with van der Waals surface area (Å²) in [5.41, 5.74) is -0.280. The van der Waals surface area contributed by atoms with Crippen molar-refractivity contribution in [2.24, 2.45) is 5.41 Å². The minimum atomic E-state index is -1.68. The number of rotatable bonds is 4. The van der Waals surface area contributed by atoms with Gasteiger partial charge in [0.1, 0.15) is 30.7 Å². The van der Waals surface area contributed by atoms with Crippen LogP contribution in [0.3, 0.4) is 0 Å². The topological polar surface area (TPSA) is 126 Å². The van der Waals surface area contributed by atoms with Crippen LogP contribution < -0.4 is 9.80 Å². The lowest BCUT2D eigenvalue weighted by Gasteiger charge is -2.47. The lowest BCUT2D eigenvalue weighted by molar-refractivity contribution is -0.142. The number of carbonyl (C=O) groups is 1. The van der Waals surface area contributed by atoms with E-state index >= 15 is 0 Å². The molecule has 2 aromatic rings. The van der Waals surface area contributed by atoms with Crippen molar-refractivity contribution in [2.45, 2.75) is 57.5 Å². The largest absolute Gasteiger partial charge is 0.350 e. The number of hydrogen-bond donors (Lipinski definition) is 0. The molecule has 4 heterocycles. The van der Waals surface area contributed by atoms with Gasteiger partial charge in [-0.2, -0.15) is 15.6 Å². The monoisotopic (exact) mass is 489 g/mol. The predicted octanol–water partition coefficient (Wildman–Crippen LogP) is 2.64. The summed E-state index contributed by atoms with van der Waals surface area (Å²) in [6.07, 6.45) is 6.10. The van der Waals surface area contributed by atoms with Gasteiger partial charge in [0.05, 0.1) is 17.8 Å². The van der Waals surface area contributed by atoms with Crippen LogP contribution in [0.4, 0.5) is 21.8 Å². The molecule has 0 bridgehead atoms. The Morgan fingerprint density at radius 2 is 1.97 bits per heavy atom. The lowest BCUT2D eigenvalue weighted by atomic mass is 9.66. The van der Waals surface area contributed by atoms with Gasteiger partial charge in [0.15, 0.2) is 11.2 Å². The molecule has 186 valence electrons. The van der Waals surface area contributed by atoms with Crippen LogP contribution in [0.2, 0.25) is 0 Å². The second kappa shape index (κ2) is 8.66.